The molecule has 0 saturated carbocycles. The molecule has 4 N–H and O–H groups in total. The number of carbonyl (C=O) groups excluding carboxylic acids is 2. The lowest BCUT2D eigenvalue weighted by molar-refractivity contribution is 0.0526. The van der Waals surface area contributed by atoms with E-state index in [-0.39, 0.29) is 54.1 Å². The van der Waals surface area contributed by atoms with Gasteiger partial charge in [-0.25, -0.2) is 14.3 Å². The van der Waals surface area contributed by atoms with E-state index in [0.29, 0.717) is 28.1 Å². The average molecular weight is 594 g/mol. The third-order valence-corrected chi connectivity index (χ3v) is 6.20. The first-order chi connectivity index (χ1) is 20.2. The number of hydrogen-bond donors (Lipinski definition) is 4. The molecule has 2 amide bonds. The van der Waals surface area contributed by atoms with Crippen molar-refractivity contribution >= 4 is 35.0 Å². The van der Waals surface area contributed by atoms with E-state index in [4.69, 9.17) is 21.1 Å². The number of anilines is 2. The molecule has 2 aromatic carbocycles. The molecule has 0 spiro atoms. The van der Waals surface area contributed by atoms with E-state index in [1.807, 2.05) is 12.1 Å². The fourth-order valence-corrected chi connectivity index (χ4v) is 4.21. The number of aliphatic hydroxyl groups excluding tert-OH is 1. The minimum absolute atomic E-state index is 0.0142. The number of urea groups is 1. The zero-order valence-corrected chi connectivity index (χ0v) is 23.5. The van der Waals surface area contributed by atoms with Crippen LogP contribution in [0.5, 0.6) is 11.5 Å². The average Bonchev–Trinajstić information content (AvgIpc) is 2.99. The van der Waals surface area contributed by atoms with E-state index in [9.17, 15) is 24.6 Å². The number of aryl methyl sites for hydroxylation is 1. The number of amides is 2. The van der Waals surface area contributed by atoms with Crippen LogP contribution < -0.4 is 20.9 Å². The van der Waals surface area contributed by atoms with Crippen molar-refractivity contribution in [3.8, 4) is 33.9 Å². The molecule has 4 rings (SSSR count). The Kier molecular flexibility index (Phi) is 9.73. The SMILES string of the molecule is CCOC(=O)c1cc(OCCO)cc(-c2cccc(-c3cc(NC(=O)Nc4c(O)cncc4Cl)c(=O)n(CC)n3)c2)c1. The number of halogens is 1. The maximum Gasteiger partial charge on any atom is 0.338 e. The lowest BCUT2D eigenvalue weighted by Gasteiger charge is -2.13. The van der Waals surface area contributed by atoms with Crippen molar-refractivity contribution in [2.75, 3.05) is 30.5 Å². The van der Waals surface area contributed by atoms with Crippen molar-refractivity contribution in [3.63, 3.8) is 0 Å². The van der Waals surface area contributed by atoms with Gasteiger partial charge in [-0.15, -0.1) is 0 Å². The molecule has 0 aliphatic heterocycles. The van der Waals surface area contributed by atoms with Crippen LogP contribution in [0.3, 0.4) is 0 Å². The van der Waals surface area contributed by atoms with E-state index in [0.717, 1.165) is 6.20 Å². The molecule has 0 aliphatic carbocycles. The minimum Gasteiger partial charge on any atom is -0.504 e. The summed E-state index contributed by atoms with van der Waals surface area (Å²) in [5, 5.41) is 28.5. The van der Waals surface area contributed by atoms with Crippen molar-refractivity contribution in [2.45, 2.75) is 20.4 Å². The van der Waals surface area contributed by atoms with E-state index in [1.165, 1.54) is 16.9 Å². The van der Waals surface area contributed by atoms with E-state index < -0.39 is 17.6 Å². The number of aliphatic hydroxyl groups is 1. The van der Waals surface area contributed by atoms with Crippen LogP contribution in [0.25, 0.3) is 22.4 Å². The number of nitrogens with zero attached hydrogens (tertiary/aromatic N) is 3. The molecule has 0 radical (unpaired) electrons. The molecule has 0 fully saturated rings. The van der Waals surface area contributed by atoms with Gasteiger partial charge in [0, 0.05) is 18.3 Å². The highest BCUT2D eigenvalue weighted by Crippen LogP contribution is 2.31. The van der Waals surface area contributed by atoms with Gasteiger partial charge in [-0.3, -0.25) is 9.78 Å². The smallest absolute Gasteiger partial charge is 0.338 e. The largest absolute Gasteiger partial charge is 0.504 e. The molecular weight excluding hydrogens is 566 g/mol. The minimum atomic E-state index is -0.810. The Balaban J connectivity index is 1.70. The van der Waals surface area contributed by atoms with Gasteiger partial charge in [-0.2, -0.15) is 5.10 Å². The Labute approximate surface area is 245 Å². The number of rotatable bonds is 10. The van der Waals surface area contributed by atoms with Gasteiger partial charge in [0.05, 0.1) is 35.7 Å². The summed E-state index contributed by atoms with van der Waals surface area (Å²) in [5.41, 5.74) is 1.98. The lowest BCUT2D eigenvalue weighted by atomic mass is 9.99. The van der Waals surface area contributed by atoms with Crippen LogP contribution in [0, 0.1) is 0 Å². The topological polar surface area (TPSA) is 165 Å². The predicted molar refractivity (Wildman–Crippen MR) is 157 cm³/mol. The molecule has 42 heavy (non-hydrogen) atoms. The number of pyridine rings is 1. The number of benzene rings is 2. The predicted octanol–water partition coefficient (Wildman–Crippen LogP) is 4.54. The first-order valence-electron chi connectivity index (χ1n) is 12.9. The first-order valence-corrected chi connectivity index (χ1v) is 13.3. The summed E-state index contributed by atoms with van der Waals surface area (Å²) in [6.45, 7) is 3.73. The van der Waals surface area contributed by atoms with Crippen molar-refractivity contribution in [2.24, 2.45) is 0 Å². The zero-order valence-electron chi connectivity index (χ0n) is 22.8. The monoisotopic (exact) mass is 593 g/mol. The molecule has 2 heterocycles. The zero-order chi connectivity index (χ0) is 30.2. The van der Waals surface area contributed by atoms with Gasteiger partial charge >= 0.3 is 12.0 Å². The maximum atomic E-state index is 13.0. The summed E-state index contributed by atoms with van der Waals surface area (Å²) >= 11 is 6.02. The molecule has 12 nitrogen and oxygen atoms in total. The van der Waals surface area contributed by atoms with Crippen molar-refractivity contribution in [1.82, 2.24) is 14.8 Å². The highest BCUT2D eigenvalue weighted by atomic mass is 35.5. The van der Waals surface area contributed by atoms with E-state index in [2.05, 4.69) is 20.7 Å². The summed E-state index contributed by atoms with van der Waals surface area (Å²) in [7, 11) is 0. The summed E-state index contributed by atoms with van der Waals surface area (Å²) < 4.78 is 11.9. The van der Waals surface area contributed by atoms with Crippen LogP contribution in [0.4, 0.5) is 16.2 Å². The van der Waals surface area contributed by atoms with Gasteiger partial charge < -0.3 is 30.3 Å². The van der Waals surface area contributed by atoms with Crippen LogP contribution in [0.1, 0.15) is 24.2 Å². The van der Waals surface area contributed by atoms with E-state index in [1.54, 1.807) is 44.2 Å². The van der Waals surface area contributed by atoms with E-state index >= 15 is 0 Å². The summed E-state index contributed by atoms with van der Waals surface area (Å²) in [5.74, 6) is -0.477. The van der Waals surface area contributed by atoms with Gasteiger partial charge in [0.15, 0.2) is 5.75 Å². The number of hydrogen-bond acceptors (Lipinski definition) is 9. The molecule has 0 aliphatic rings. The highest BCUT2D eigenvalue weighted by Gasteiger charge is 2.16. The van der Waals surface area contributed by atoms with Gasteiger partial charge in [0.25, 0.3) is 5.56 Å². The quantitative estimate of drug-likeness (QED) is 0.193. The van der Waals surface area contributed by atoms with Gasteiger partial charge in [0.2, 0.25) is 0 Å². The third-order valence-electron chi connectivity index (χ3n) is 5.91. The fraction of sp³-hybridized carbons (Fsp3) is 0.207. The van der Waals surface area contributed by atoms with Crippen molar-refractivity contribution in [1.29, 1.82) is 0 Å². The molecule has 0 unspecified atom stereocenters. The van der Waals surface area contributed by atoms with Crippen LogP contribution in [0.2, 0.25) is 5.02 Å². The Hall–Kier alpha value is -4.94. The Morgan fingerprint density at radius 1 is 1.02 bits per heavy atom. The van der Waals surface area contributed by atoms with Gasteiger partial charge in [-0.1, -0.05) is 29.8 Å². The van der Waals surface area contributed by atoms with Crippen molar-refractivity contribution in [3.05, 3.63) is 81.9 Å². The molecule has 4 aromatic rings. The normalized spacial score (nSPS) is 10.7. The van der Waals surface area contributed by atoms with Gasteiger partial charge in [-0.05, 0) is 55.3 Å². The van der Waals surface area contributed by atoms with Crippen LogP contribution >= 0.6 is 11.6 Å². The molecule has 0 atom stereocenters. The summed E-state index contributed by atoms with van der Waals surface area (Å²) in [6.07, 6.45) is 2.37. The molecule has 218 valence electrons. The molecule has 0 saturated heterocycles. The number of nitrogens with one attached hydrogen (secondary N) is 2. The molecule has 2 aromatic heterocycles. The lowest BCUT2D eigenvalue weighted by Crippen LogP contribution is -2.29. The summed E-state index contributed by atoms with van der Waals surface area (Å²) in [6, 6.07) is 12.8. The second-order valence-corrected chi connectivity index (χ2v) is 9.19. The molecule has 13 heteroatoms. The Morgan fingerprint density at radius 2 is 1.81 bits per heavy atom. The molecule has 0 bridgehead atoms. The first kappa shape index (κ1) is 30.0. The van der Waals surface area contributed by atoms with Crippen molar-refractivity contribution < 1.29 is 29.3 Å². The standard InChI is InChI=1S/C29H28ClN5O7/c1-3-35-27(38)24(32-29(40)33-26-22(30)15-31-16-25(26)37)14-23(34-35)18-7-5-6-17(10-18)19-11-20(28(39)41-4-2)13-21(12-19)42-9-8-36/h5-7,10-16,36-37H,3-4,8-9H2,1-2H3,(H2,31,32,33,40). The number of carbonyl (C=O) groups is 2. The van der Waals surface area contributed by atoms with Crippen LogP contribution in [-0.4, -0.2) is 56.8 Å². The number of aromatic hydroxyl groups is 1. The maximum absolute atomic E-state index is 13.0. The number of esters is 1. The van der Waals surface area contributed by atoms with Crippen LogP contribution in [0.15, 0.2) is 65.7 Å². The second-order valence-electron chi connectivity index (χ2n) is 8.78. The highest BCUT2D eigenvalue weighted by molar-refractivity contribution is 6.34. The number of ether oxygens (including phenoxy) is 2. The second kappa shape index (κ2) is 13.6. The Bertz CT molecular complexity index is 1650. The fourth-order valence-electron chi connectivity index (χ4n) is 4.01. The Morgan fingerprint density at radius 3 is 2.52 bits per heavy atom. The third kappa shape index (κ3) is 7.03. The molecular formula is C29H28ClN5O7. The number of aromatic nitrogens is 3. The van der Waals surface area contributed by atoms with Crippen LogP contribution in [-0.2, 0) is 11.3 Å². The van der Waals surface area contributed by atoms with Gasteiger partial charge in [0.1, 0.15) is 23.7 Å². The summed E-state index contributed by atoms with van der Waals surface area (Å²) in [4.78, 5) is 41.9.